The molecule has 1 aromatic rings. The Bertz CT molecular complexity index is 333. The molecule has 0 aromatic heterocycles. The largest absolute Gasteiger partial charge is 0.392 e. The van der Waals surface area contributed by atoms with E-state index in [0.717, 1.165) is 17.2 Å². The number of hydrogen-bond acceptors (Lipinski definition) is 2. The molecule has 0 saturated heterocycles. The van der Waals surface area contributed by atoms with Gasteiger partial charge in [0.05, 0.1) is 6.61 Å². The van der Waals surface area contributed by atoms with E-state index in [1.165, 1.54) is 25.7 Å². The molecule has 1 saturated carbocycles. The van der Waals surface area contributed by atoms with Gasteiger partial charge in [-0.2, -0.15) is 0 Å². The fourth-order valence-corrected chi connectivity index (χ4v) is 2.33. The summed E-state index contributed by atoms with van der Waals surface area (Å²) >= 11 is 0. The number of aliphatic hydroxyl groups excluding tert-OH is 1. The minimum absolute atomic E-state index is 0.118. The van der Waals surface area contributed by atoms with Crippen LogP contribution in [0, 0.1) is 5.92 Å². The normalized spacial score (nSPS) is 17.9. The third-order valence-electron chi connectivity index (χ3n) is 3.43. The van der Waals surface area contributed by atoms with Crippen molar-refractivity contribution in [1.82, 2.24) is 0 Å². The van der Waals surface area contributed by atoms with Crippen LogP contribution in [0.5, 0.6) is 0 Å². The van der Waals surface area contributed by atoms with Crippen molar-refractivity contribution in [3.63, 3.8) is 0 Å². The lowest BCUT2D eigenvalue weighted by atomic mass is 9.81. The van der Waals surface area contributed by atoms with Crippen molar-refractivity contribution in [2.24, 2.45) is 5.92 Å². The number of nitrogens with one attached hydrogen (secondary N) is 1. The molecule has 0 aliphatic heterocycles. The van der Waals surface area contributed by atoms with Gasteiger partial charge in [0, 0.05) is 11.7 Å². The lowest BCUT2D eigenvalue weighted by Gasteiger charge is -2.29. The highest BCUT2D eigenvalue weighted by molar-refractivity contribution is 5.46. The van der Waals surface area contributed by atoms with Gasteiger partial charge in [-0.05, 0) is 37.0 Å². The summed E-state index contributed by atoms with van der Waals surface area (Å²) in [6, 6.07) is 8.55. The fraction of sp³-hybridized carbons (Fsp3) is 0.571. The number of aliphatic hydroxyl groups is 1. The van der Waals surface area contributed by atoms with Crippen LogP contribution >= 0.6 is 0 Å². The molecule has 0 amide bonds. The number of rotatable bonds is 5. The van der Waals surface area contributed by atoms with Gasteiger partial charge in [-0.25, -0.2) is 0 Å². The molecule has 1 aromatic carbocycles. The molecule has 1 aliphatic rings. The first-order valence-electron chi connectivity index (χ1n) is 6.24. The van der Waals surface area contributed by atoms with Crippen molar-refractivity contribution < 1.29 is 5.11 Å². The molecule has 2 nitrogen and oxygen atoms in total. The van der Waals surface area contributed by atoms with Crippen molar-refractivity contribution >= 4 is 5.69 Å². The van der Waals surface area contributed by atoms with Crippen LogP contribution < -0.4 is 5.32 Å². The van der Waals surface area contributed by atoms with E-state index in [4.69, 9.17) is 5.11 Å². The molecule has 2 N–H and O–H groups in total. The standard InChI is InChI=1S/C14H21NO/c1-11(8-12-4-2-5-12)15-14-7-3-6-13(9-14)10-16/h3,6-7,9,11-12,15-16H,2,4-5,8,10H2,1H3. The Kier molecular flexibility index (Phi) is 3.83. The molecule has 2 rings (SSSR count). The average Bonchev–Trinajstić information content (AvgIpc) is 2.24. The molecular weight excluding hydrogens is 198 g/mol. The molecule has 2 heteroatoms. The number of anilines is 1. The topological polar surface area (TPSA) is 32.3 Å². The van der Waals surface area contributed by atoms with Gasteiger partial charge in [0.2, 0.25) is 0 Å². The third kappa shape index (κ3) is 2.99. The van der Waals surface area contributed by atoms with Gasteiger partial charge in [0.1, 0.15) is 0 Å². The van der Waals surface area contributed by atoms with Crippen LogP contribution in [-0.2, 0) is 6.61 Å². The van der Waals surface area contributed by atoms with Crippen molar-refractivity contribution in [1.29, 1.82) is 0 Å². The molecule has 0 spiro atoms. The maximum absolute atomic E-state index is 9.06. The number of benzene rings is 1. The van der Waals surface area contributed by atoms with Crippen LogP contribution in [0.4, 0.5) is 5.69 Å². The van der Waals surface area contributed by atoms with Gasteiger partial charge in [0.25, 0.3) is 0 Å². The SMILES string of the molecule is CC(CC1CCC1)Nc1cccc(CO)c1. The smallest absolute Gasteiger partial charge is 0.0682 e. The summed E-state index contributed by atoms with van der Waals surface area (Å²) < 4.78 is 0. The highest BCUT2D eigenvalue weighted by Gasteiger charge is 2.19. The van der Waals surface area contributed by atoms with E-state index in [0.29, 0.717) is 6.04 Å². The Morgan fingerprint density at radius 2 is 2.25 bits per heavy atom. The molecule has 1 atom stereocenters. The first-order chi connectivity index (χ1) is 7.78. The Morgan fingerprint density at radius 1 is 1.44 bits per heavy atom. The van der Waals surface area contributed by atoms with Crippen LogP contribution in [-0.4, -0.2) is 11.1 Å². The zero-order valence-corrected chi connectivity index (χ0v) is 9.95. The first-order valence-corrected chi connectivity index (χ1v) is 6.24. The van der Waals surface area contributed by atoms with Gasteiger partial charge in [-0.3, -0.25) is 0 Å². The van der Waals surface area contributed by atoms with Crippen LogP contribution in [0.1, 0.15) is 38.2 Å². The van der Waals surface area contributed by atoms with Gasteiger partial charge in [0.15, 0.2) is 0 Å². The first kappa shape index (κ1) is 11.5. The zero-order valence-electron chi connectivity index (χ0n) is 9.95. The van der Waals surface area contributed by atoms with E-state index in [1.807, 2.05) is 18.2 Å². The second-order valence-electron chi connectivity index (χ2n) is 4.94. The van der Waals surface area contributed by atoms with E-state index in [2.05, 4.69) is 18.3 Å². The second-order valence-corrected chi connectivity index (χ2v) is 4.94. The maximum atomic E-state index is 9.06. The Hall–Kier alpha value is -1.02. The van der Waals surface area contributed by atoms with Crippen LogP contribution in [0.25, 0.3) is 0 Å². The van der Waals surface area contributed by atoms with E-state index in [1.54, 1.807) is 0 Å². The lowest BCUT2D eigenvalue weighted by Crippen LogP contribution is -2.23. The molecule has 0 radical (unpaired) electrons. The van der Waals surface area contributed by atoms with Gasteiger partial charge in [-0.1, -0.05) is 31.4 Å². The summed E-state index contributed by atoms with van der Waals surface area (Å²) in [6.45, 7) is 2.36. The predicted molar refractivity (Wildman–Crippen MR) is 67.4 cm³/mol. The van der Waals surface area contributed by atoms with E-state index >= 15 is 0 Å². The molecule has 1 fully saturated rings. The minimum atomic E-state index is 0.118. The number of hydrogen-bond donors (Lipinski definition) is 2. The van der Waals surface area contributed by atoms with Gasteiger partial charge < -0.3 is 10.4 Å². The highest BCUT2D eigenvalue weighted by atomic mass is 16.3. The summed E-state index contributed by atoms with van der Waals surface area (Å²) in [4.78, 5) is 0. The Balaban J connectivity index is 1.86. The van der Waals surface area contributed by atoms with Crippen molar-refractivity contribution in [3.8, 4) is 0 Å². The summed E-state index contributed by atoms with van der Waals surface area (Å²) in [5, 5.41) is 12.6. The van der Waals surface area contributed by atoms with Crippen LogP contribution in [0.3, 0.4) is 0 Å². The molecule has 1 unspecified atom stereocenters. The molecular formula is C14H21NO. The molecule has 16 heavy (non-hydrogen) atoms. The zero-order chi connectivity index (χ0) is 11.4. The Morgan fingerprint density at radius 3 is 2.88 bits per heavy atom. The van der Waals surface area contributed by atoms with E-state index in [9.17, 15) is 0 Å². The predicted octanol–water partition coefficient (Wildman–Crippen LogP) is 3.17. The molecule has 0 heterocycles. The maximum Gasteiger partial charge on any atom is 0.0682 e. The second kappa shape index (κ2) is 5.35. The van der Waals surface area contributed by atoms with Crippen molar-refractivity contribution in [3.05, 3.63) is 29.8 Å². The van der Waals surface area contributed by atoms with Crippen LogP contribution in [0.15, 0.2) is 24.3 Å². The third-order valence-corrected chi connectivity index (χ3v) is 3.43. The molecule has 1 aliphatic carbocycles. The summed E-state index contributed by atoms with van der Waals surface area (Å²) in [5.74, 6) is 0.934. The van der Waals surface area contributed by atoms with Crippen molar-refractivity contribution in [2.45, 2.75) is 45.3 Å². The highest BCUT2D eigenvalue weighted by Crippen LogP contribution is 2.31. The molecule has 88 valence electrons. The van der Waals surface area contributed by atoms with Crippen LogP contribution in [0.2, 0.25) is 0 Å². The average molecular weight is 219 g/mol. The Labute approximate surface area is 97.7 Å². The van der Waals surface area contributed by atoms with Crippen molar-refractivity contribution in [2.75, 3.05) is 5.32 Å². The quantitative estimate of drug-likeness (QED) is 0.797. The lowest BCUT2D eigenvalue weighted by molar-refractivity contribution is 0.281. The minimum Gasteiger partial charge on any atom is -0.392 e. The summed E-state index contributed by atoms with van der Waals surface area (Å²) in [6.07, 6.45) is 5.49. The van der Waals surface area contributed by atoms with E-state index in [-0.39, 0.29) is 6.61 Å². The monoisotopic (exact) mass is 219 g/mol. The van der Waals surface area contributed by atoms with Gasteiger partial charge >= 0.3 is 0 Å². The summed E-state index contributed by atoms with van der Waals surface area (Å²) in [5.41, 5.74) is 2.10. The molecule has 0 bridgehead atoms. The summed E-state index contributed by atoms with van der Waals surface area (Å²) in [7, 11) is 0. The fourth-order valence-electron chi connectivity index (χ4n) is 2.33. The van der Waals surface area contributed by atoms with E-state index < -0.39 is 0 Å². The van der Waals surface area contributed by atoms with Gasteiger partial charge in [-0.15, -0.1) is 0 Å².